The van der Waals surface area contributed by atoms with Gasteiger partial charge in [-0.15, -0.1) is 0 Å². The van der Waals surface area contributed by atoms with Crippen molar-refractivity contribution in [3.8, 4) is 5.88 Å². The Bertz CT molecular complexity index is 644. The van der Waals surface area contributed by atoms with E-state index < -0.39 is 11.9 Å². The van der Waals surface area contributed by atoms with E-state index in [0.29, 0.717) is 11.4 Å². The number of hydrogen-bond donors (Lipinski definition) is 1. The Labute approximate surface area is 143 Å². The number of carboxylic acid groups (broad SMARTS) is 1. The van der Waals surface area contributed by atoms with Crippen LogP contribution < -0.4 is 44.7 Å². The molecule has 1 amide bonds. The van der Waals surface area contributed by atoms with Crippen molar-refractivity contribution in [2.45, 2.75) is 0 Å². The number of carboxylic acids is 1. The Kier molecular flexibility index (Phi) is 6.36. The number of rotatable bonds is 4. The molecule has 1 heterocycles. The third-order valence-electron chi connectivity index (χ3n) is 2.60. The summed E-state index contributed by atoms with van der Waals surface area (Å²) < 4.78 is 4.89. The van der Waals surface area contributed by atoms with Gasteiger partial charge in [0.25, 0.3) is 5.91 Å². The summed E-state index contributed by atoms with van der Waals surface area (Å²) in [6, 6.07) is 9.09. The minimum atomic E-state index is -1.35. The minimum Gasteiger partial charge on any atom is -0.545 e. The summed E-state index contributed by atoms with van der Waals surface area (Å²) in [5.74, 6) is -1.43. The molecule has 0 fully saturated rings. The SMILES string of the molecule is COc1ccc(C(=O)Nc2ccccc2C(=O)[O-])cn1.[Na+]. The van der Waals surface area contributed by atoms with E-state index in [0.717, 1.165) is 0 Å². The first-order valence-electron chi connectivity index (χ1n) is 5.73. The molecule has 0 radical (unpaired) electrons. The van der Waals surface area contributed by atoms with E-state index in [1.165, 1.54) is 31.5 Å². The second kappa shape index (κ2) is 7.78. The maximum atomic E-state index is 12.0. The Morgan fingerprint density at radius 1 is 1.19 bits per heavy atom. The average Bonchev–Trinajstić information content (AvgIpc) is 2.47. The predicted octanol–water partition coefficient (Wildman–Crippen LogP) is -2.29. The normalized spacial score (nSPS) is 9.38. The summed E-state index contributed by atoms with van der Waals surface area (Å²) in [5.41, 5.74) is 0.384. The van der Waals surface area contributed by atoms with Crippen LogP contribution in [0.1, 0.15) is 20.7 Å². The van der Waals surface area contributed by atoms with Gasteiger partial charge in [-0.2, -0.15) is 0 Å². The van der Waals surface area contributed by atoms with Crippen LogP contribution in [0.5, 0.6) is 5.88 Å². The number of amides is 1. The first-order chi connectivity index (χ1) is 9.61. The van der Waals surface area contributed by atoms with Crippen LogP contribution in [0.3, 0.4) is 0 Å². The number of pyridine rings is 1. The van der Waals surface area contributed by atoms with Gasteiger partial charge in [-0.1, -0.05) is 18.2 Å². The summed E-state index contributed by atoms with van der Waals surface area (Å²) in [5, 5.41) is 13.4. The van der Waals surface area contributed by atoms with Crippen molar-refractivity contribution in [1.29, 1.82) is 0 Å². The zero-order valence-corrected chi connectivity index (χ0v) is 13.6. The van der Waals surface area contributed by atoms with Crippen molar-refractivity contribution >= 4 is 17.6 Å². The first-order valence-corrected chi connectivity index (χ1v) is 5.73. The molecule has 0 aliphatic rings. The van der Waals surface area contributed by atoms with E-state index in [2.05, 4.69) is 10.3 Å². The topological polar surface area (TPSA) is 91.3 Å². The number of aromatic nitrogens is 1. The molecule has 7 heteroatoms. The van der Waals surface area contributed by atoms with E-state index in [9.17, 15) is 14.7 Å². The van der Waals surface area contributed by atoms with Crippen LogP contribution in [0.25, 0.3) is 0 Å². The van der Waals surface area contributed by atoms with Gasteiger partial charge in [0.05, 0.1) is 24.3 Å². The molecular formula is C14H11N2NaO4. The molecule has 1 aromatic carbocycles. The van der Waals surface area contributed by atoms with Crippen LogP contribution in [0.15, 0.2) is 42.6 Å². The van der Waals surface area contributed by atoms with E-state index in [-0.39, 0.29) is 40.8 Å². The number of hydrogen-bond acceptors (Lipinski definition) is 5. The first kappa shape index (κ1) is 17.2. The Morgan fingerprint density at radius 2 is 1.90 bits per heavy atom. The molecular weight excluding hydrogens is 283 g/mol. The van der Waals surface area contributed by atoms with E-state index in [4.69, 9.17) is 4.74 Å². The molecule has 0 aliphatic carbocycles. The van der Waals surface area contributed by atoms with Gasteiger partial charge in [-0.3, -0.25) is 4.79 Å². The quantitative estimate of drug-likeness (QED) is 0.641. The molecule has 0 saturated heterocycles. The van der Waals surface area contributed by atoms with Crippen LogP contribution >= 0.6 is 0 Å². The molecule has 2 rings (SSSR count). The number of carbonyl (C=O) groups is 2. The largest absolute Gasteiger partial charge is 1.00 e. The number of ether oxygens (including phenoxy) is 1. The molecule has 0 bridgehead atoms. The molecule has 102 valence electrons. The second-order valence-electron chi connectivity index (χ2n) is 3.88. The van der Waals surface area contributed by atoms with Crippen molar-refractivity contribution in [3.63, 3.8) is 0 Å². The third kappa shape index (κ3) is 4.29. The summed E-state index contributed by atoms with van der Waals surface area (Å²) >= 11 is 0. The molecule has 2 aromatic rings. The van der Waals surface area contributed by atoms with Crippen molar-refractivity contribution in [1.82, 2.24) is 4.98 Å². The summed E-state index contributed by atoms with van der Waals surface area (Å²) in [4.78, 5) is 26.8. The molecule has 0 aliphatic heterocycles. The summed E-state index contributed by atoms with van der Waals surface area (Å²) in [7, 11) is 1.47. The number of nitrogens with zero attached hydrogens (tertiary/aromatic N) is 1. The zero-order chi connectivity index (χ0) is 14.5. The summed E-state index contributed by atoms with van der Waals surface area (Å²) in [6.45, 7) is 0. The maximum absolute atomic E-state index is 12.0. The summed E-state index contributed by atoms with van der Waals surface area (Å²) in [6.07, 6.45) is 1.34. The fourth-order valence-electron chi connectivity index (χ4n) is 1.60. The fourth-order valence-corrected chi connectivity index (χ4v) is 1.60. The smallest absolute Gasteiger partial charge is 0.545 e. The van der Waals surface area contributed by atoms with Crippen LogP contribution in [0.2, 0.25) is 0 Å². The van der Waals surface area contributed by atoms with Gasteiger partial charge in [0.1, 0.15) is 0 Å². The van der Waals surface area contributed by atoms with Crippen LogP contribution in [0, 0.1) is 0 Å². The van der Waals surface area contributed by atoms with E-state index >= 15 is 0 Å². The molecule has 0 atom stereocenters. The standard InChI is InChI=1S/C14H12N2O4.Na/c1-20-12-7-6-9(8-15-12)13(17)16-11-5-3-2-4-10(11)14(18)19;/h2-8H,1H3,(H,16,17)(H,18,19);/q;+1/p-1. The van der Waals surface area contributed by atoms with E-state index in [1.54, 1.807) is 18.2 Å². The molecule has 1 aromatic heterocycles. The van der Waals surface area contributed by atoms with Crippen LogP contribution in [-0.2, 0) is 0 Å². The van der Waals surface area contributed by atoms with Crippen LogP contribution in [-0.4, -0.2) is 24.0 Å². The number of anilines is 1. The maximum Gasteiger partial charge on any atom is 1.00 e. The number of aromatic carboxylic acids is 1. The molecule has 0 unspecified atom stereocenters. The second-order valence-corrected chi connectivity index (χ2v) is 3.88. The monoisotopic (exact) mass is 294 g/mol. The van der Waals surface area contributed by atoms with Crippen molar-refractivity contribution in [2.24, 2.45) is 0 Å². The third-order valence-corrected chi connectivity index (χ3v) is 2.60. The number of para-hydroxylation sites is 1. The molecule has 0 saturated carbocycles. The van der Waals surface area contributed by atoms with Gasteiger partial charge in [0.2, 0.25) is 5.88 Å². The molecule has 0 spiro atoms. The number of benzene rings is 1. The van der Waals surface area contributed by atoms with Crippen molar-refractivity contribution in [2.75, 3.05) is 12.4 Å². The average molecular weight is 294 g/mol. The van der Waals surface area contributed by atoms with Gasteiger partial charge in [0.15, 0.2) is 0 Å². The predicted molar refractivity (Wildman–Crippen MR) is 69.5 cm³/mol. The Balaban J connectivity index is 0.00000220. The molecule has 6 nitrogen and oxygen atoms in total. The minimum absolute atomic E-state index is 0. The number of carbonyl (C=O) groups excluding carboxylic acids is 2. The van der Waals surface area contributed by atoms with Crippen LogP contribution in [0.4, 0.5) is 5.69 Å². The fraction of sp³-hybridized carbons (Fsp3) is 0.0714. The van der Waals surface area contributed by atoms with Gasteiger partial charge in [-0.05, 0) is 12.1 Å². The van der Waals surface area contributed by atoms with Gasteiger partial charge in [-0.25, -0.2) is 4.98 Å². The van der Waals surface area contributed by atoms with Gasteiger partial charge < -0.3 is 20.0 Å². The molecule has 21 heavy (non-hydrogen) atoms. The zero-order valence-electron chi connectivity index (χ0n) is 11.6. The number of methoxy groups -OCH3 is 1. The number of nitrogens with one attached hydrogen (secondary N) is 1. The van der Waals surface area contributed by atoms with Crippen molar-refractivity contribution < 1.29 is 49.0 Å². The Hall–Kier alpha value is -1.89. The van der Waals surface area contributed by atoms with Gasteiger partial charge >= 0.3 is 29.6 Å². The van der Waals surface area contributed by atoms with Gasteiger partial charge in [0, 0.05) is 17.8 Å². The van der Waals surface area contributed by atoms with Crippen molar-refractivity contribution in [3.05, 3.63) is 53.7 Å². The Morgan fingerprint density at radius 3 is 2.48 bits per heavy atom. The molecule has 1 N–H and O–H groups in total. The van der Waals surface area contributed by atoms with E-state index in [1.807, 2.05) is 0 Å².